The average Bonchev–Trinajstić information content (AvgIpc) is 3.52. The van der Waals surface area contributed by atoms with Crippen LogP contribution in [0.4, 0.5) is 5.95 Å². The molecule has 0 radical (unpaired) electrons. The molecule has 0 aromatic carbocycles. The van der Waals surface area contributed by atoms with Crippen LogP contribution in [0.2, 0.25) is 0 Å². The number of rotatable bonds is 3. The normalized spacial score (nSPS) is 18.0. The number of nitrogens with one attached hydrogen (secondary N) is 2. The van der Waals surface area contributed by atoms with E-state index in [0.717, 1.165) is 52.2 Å². The number of H-pyrrole nitrogens is 1. The Morgan fingerprint density at radius 2 is 1.68 bits per heavy atom. The molecule has 0 atom stereocenters. The van der Waals surface area contributed by atoms with Crippen molar-refractivity contribution in [3.05, 3.63) is 40.3 Å². The lowest BCUT2D eigenvalue weighted by Gasteiger charge is -2.32. The highest BCUT2D eigenvalue weighted by Gasteiger charge is 2.36. The largest absolute Gasteiger partial charge is 0.352 e. The van der Waals surface area contributed by atoms with Gasteiger partial charge in [0.1, 0.15) is 9.66 Å². The molecule has 0 bridgehead atoms. The number of aromatic nitrogens is 3. The van der Waals surface area contributed by atoms with Crippen molar-refractivity contribution in [2.24, 2.45) is 0 Å². The number of carbonyl (C=O) groups excluding carboxylic acids is 2. The Morgan fingerprint density at radius 3 is 2.52 bits per heavy atom. The Morgan fingerprint density at radius 1 is 0.935 bits per heavy atom. The standard InChI is InChI=1S/C21H18N6O2S2/c1-26-4-6-27(7-5-26)21-23-16(12-3-9-31-20(12)25-21)15-14(17(28)24-18(15)29)13-10-22-19-11(13)2-8-30-19/h2-3,8-10,22H,4-7H2,1H3,(H,24,28,29). The monoisotopic (exact) mass is 450 g/mol. The first kappa shape index (κ1) is 18.7. The van der Waals surface area contributed by atoms with E-state index in [0.29, 0.717) is 22.8 Å². The van der Waals surface area contributed by atoms with Gasteiger partial charge < -0.3 is 14.8 Å². The highest BCUT2D eigenvalue weighted by molar-refractivity contribution is 7.17. The zero-order valence-corrected chi connectivity index (χ0v) is 18.3. The molecule has 6 heterocycles. The minimum absolute atomic E-state index is 0.318. The topological polar surface area (TPSA) is 94.2 Å². The molecule has 0 aliphatic carbocycles. The summed E-state index contributed by atoms with van der Waals surface area (Å²) in [6.07, 6.45) is 1.79. The zero-order valence-electron chi connectivity index (χ0n) is 16.6. The number of carbonyl (C=O) groups is 2. The molecule has 31 heavy (non-hydrogen) atoms. The van der Waals surface area contributed by atoms with Crippen molar-refractivity contribution in [3.8, 4) is 0 Å². The zero-order chi connectivity index (χ0) is 21.1. The van der Waals surface area contributed by atoms with Crippen molar-refractivity contribution in [2.75, 3.05) is 38.1 Å². The first-order valence-corrected chi connectivity index (χ1v) is 11.7. The number of thiophene rings is 2. The van der Waals surface area contributed by atoms with Gasteiger partial charge in [0.15, 0.2) is 0 Å². The number of anilines is 1. The summed E-state index contributed by atoms with van der Waals surface area (Å²) in [4.78, 5) is 44.9. The van der Waals surface area contributed by atoms with E-state index in [1.54, 1.807) is 17.5 Å². The molecule has 2 aliphatic rings. The molecule has 0 spiro atoms. The van der Waals surface area contributed by atoms with Gasteiger partial charge >= 0.3 is 0 Å². The van der Waals surface area contributed by atoms with Gasteiger partial charge in [-0.2, -0.15) is 0 Å². The van der Waals surface area contributed by atoms with Crippen LogP contribution in [0.5, 0.6) is 0 Å². The molecule has 6 rings (SSSR count). The summed E-state index contributed by atoms with van der Waals surface area (Å²) < 4.78 is 0. The number of hydrogen-bond donors (Lipinski definition) is 2. The molecule has 2 N–H and O–H groups in total. The van der Waals surface area contributed by atoms with E-state index < -0.39 is 11.8 Å². The second-order valence-electron chi connectivity index (χ2n) is 7.70. The summed E-state index contributed by atoms with van der Waals surface area (Å²) >= 11 is 3.07. The summed E-state index contributed by atoms with van der Waals surface area (Å²) in [5, 5.41) is 8.11. The molecule has 0 unspecified atom stereocenters. The molecule has 0 saturated carbocycles. The number of aromatic amines is 1. The fourth-order valence-electron chi connectivity index (χ4n) is 4.18. The van der Waals surface area contributed by atoms with Crippen molar-refractivity contribution in [1.82, 2.24) is 25.2 Å². The number of nitrogens with zero attached hydrogens (tertiary/aromatic N) is 4. The SMILES string of the molecule is CN1CCN(c2nc(C3=C(c4c[nH]c5sccc45)C(=O)NC3=O)c3ccsc3n2)CC1. The van der Waals surface area contributed by atoms with Crippen LogP contribution in [0, 0.1) is 0 Å². The van der Waals surface area contributed by atoms with Gasteiger partial charge in [0.25, 0.3) is 11.8 Å². The molecular formula is C21H18N6O2S2. The van der Waals surface area contributed by atoms with E-state index in [2.05, 4.69) is 27.1 Å². The molecule has 2 aliphatic heterocycles. The van der Waals surface area contributed by atoms with Crippen LogP contribution in [-0.2, 0) is 9.59 Å². The number of amides is 2. The van der Waals surface area contributed by atoms with Crippen molar-refractivity contribution in [2.45, 2.75) is 0 Å². The maximum absolute atomic E-state index is 13.0. The smallest absolute Gasteiger partial charge is 0.261 e. The highest BCUT2D eigenvalue weighted by Crippen LogP contribution is 2.38. The number of hydrogen-bond acceptors (Lipinski definition) is 8. The third-order valence-electron chi connectivity index (χ3n) is 5.84. The van der Waals surface area contributed by atoms with Crippen LogP contribution < -0.4 is 10.2 Å². The predicted octanol–water partition coefficient (Wildman–Crippen LogP) is 2.55. The lowest BCUT2D eigenvalue weighted by molar-refractivity contribution is -0.122. The third-order valence-corrected chi connectivity index (χ3v) is 7.49. The summed E-state index contributed by atoms with van der Waals surface area (Å²) in [5.74, 6) is -0.206. The van der Waals surface area contributed by atoms with Gasteiger partial charge in [-0.05, 0) is 29.9 Å². The van der Waals surface area contributed by atoms with Gasteiger partial charge in [-0.3, -0.25) is 14.9 Å². The van der Waals surface area contributed by atoms with Crippen molar-refractivity contribution < 1.29 is 9.59 Å². The minimum Gasteiger partial charge on any atom is -0.352 e. The Labute approximate surface area is 185 Å². The fraction of sp³-hybridized carbons (Fsp3) is 0.238. The quantitative estimate of drug-likeness (QED) is 0.466. The van der Waals surface area contributed by atoms with E-state index in [1.165, 1.54) is 11.3 Å². The Hall–Kier alpha value is -3.08. The van der Waals surface area contributed by atoms with Gasteiger partial charge in [-0.1, -0.05) is 0 Å². The Bertz CT molecular complexity index is 1390. The lowest BCUT2D eigenvalue weighted by Crippen LogP contribution is -2.45. The van der Waals surface area contributed by atoms with Gasteiger partial charge in [0, 0.05) is 48.7 Å². The van der Waals surface area contributed by atoms with Crippen LogP contribution in [0.3, 0.4) is 0 Å². The van der Waals surface area contributed by atoms with E-state index in [-0.39, 0.29) is 0 Å². The fourth-order valence-corrected chi connectivity index (χ4v) is 5.71. The second kappa shape index (κ2) is 6.98. The summed E-state index contributed by atoms with van der Waals surface area (Å²) in [6.45, 7) is 3.48. The molecule has 156 valence electrons. The Kier molecular flexibility index (Phi) is 4.20. The first-order valence-electron chi connectivity index (χ1n) is 9.94. The molecular weight excluding hydrogens is 432 g/mol. The summed E-state index contributed by atoms with van der Waals surface area (Å²) in [5.41, 5.74) is 1.92. The van der Waals surface area contributed by atoms with Crippen LogP contribution in [-0.4, -0.2) is 64.9 Å². The predicted molar refractivity (Wildman–Crippen MR) is 123 cm³/mol. The minimum atomic E-state index is -0.417. The van der Waals surface area contributed by atoms with Crippen molar-refractivity contribution in [3.63, 3.8) is 0 Å². The number of imide groups is 1. The summed E-state index contributed by atoms with van der Waals surface area (Å²) in [6, 6.07) is 3.88. The van der Waals surface area contributed by atoms with E-state index in [1.807, 2.05) is 22.9 Å². The Balaban J connectivity index is 1.58. The van der Waals surface area contributed by atoms with Crippen molar-refractivity contribution >= 4 is 72.0 Å². The first-order chi connectivity index (χ1) is 15.1. The second-order valence-corrected chi connectivity index (χ2v) is 9.51. The highest BCUT2D eigenvalue weighted by atomic mass is 32.1. The van der Waals surface area contributed by atoms with Crippen LogP contribution in [0.1, 0.15) is 11.3 Å². The van der Waals surface area contributed by atoms with Gasteiger partial charge in [-0.25, -0.2) is 9.97 Å². The third kappa shape index (κ3) is 2.90. The van der Waals surface area contributed by atoms with Gasteiger partial charge in [-0.15, -0.1) is 22.7 Å². The van der Waals surface area contributed by atoms with Gasteiger partial charge in [0.2, 0.25) is 5.95 Å². The maximum Gasteiger partial charge on any atom is 0.261 e. The van der Waals surface area contributed by atoms with E-state index >= 15 is 0 Å². The molecule has 1 saturated heterocycles. The molecule has 1 fully saturated rings. The van der Waals surface area contributed by atoms with Crippen LogP contribution >= 0.6 is 22.7 Å². The van der Waals surface area contributed by atoms with Gasteiger partial charge in [0.05, 0.1) is 16.8 Å². The molecule has 2 amide bonds. The number of fused-ring (bicyclic) bond motifs is 2. The van der Waals surface area contributed by atoms with Crippen LogP contribution in [0.15, 0.2) is 29.1 Å². The van der Waals surface area contributed by atoms with Crippen molar-refractivity contribution in [1.29, 1.82) is 0 Å². The van der Waals surface area contributed by atoms with Crippen LogP contribution in [0.25, 0.3) is 31.6 Å². The molecule has 8 nitrogen and oxygen atoms in total. The molecule has 10 heteroatoms. The maximum atomic E-state index is 13.0. The average molecular weight is 451 g/mol. The number of piperazine rings is 1. The van der Waals surface area contributed by atoms with E-state index in [4.69, 9.17) is 9.97 Å². The molecule has 4 aromatic heterocycles. The number of likely N-dealkylation sites (N-methyl/N-ethyl adjacent to an activating group) is 1. The molecule has 4 aromatic rings. The summed E-state index contributed by atoms with van der Waals surface area (Å²) in [7, 11) is 2.10. The van der Waals surface area contributed by atoms with E-state index in [9.17, 15) is 9.59 Å². The lowest BCUT2D eigenvalue weighted by atomic mass is 9.98.